The van der Waals surface area contributed by atoms with Crippen molar-refractivity contribution in [2.75, 3.05) is 20.2 Å². The van der Waals surface area contributed by atoms with Crippen LogP contribution in [-0.2, 0) is 0 Å². The van der Waals surface area contributed by atoms with E-state index in [9.17, 15) is 10.1 Å². The summed E-state index contributed by atoms with van der Waals surface area (Å²) in [5.74, 6) is 0.438. The van der Waals surface area contributed by atoms with Gasteiger partial charge in [0.25, 0.3) is 5.69 Å². The number of nitro benzene ring substituents is 1. The van der Waals surface area contributed by atoms with E-state index in [4.69, 9.17) is 16.3 Å². The summed E-state index contributed by atoms with van der Waals surface area (Å²) in [4.78, 5) is 12.7. The van der Waals surface area contributed by atoms with Crippen molar-refractivity contribution in [3.8, 4) is 5.75 Å². The minimum atomic E-state index is -0.436. The highest BCUT2D eigenvalue weighted by Gasteiger charge is 2.16. The van der Waals surface area contributed by atoms with Crippen molar-refractivity contribution >= 4 is 23.4 Å². The van der Waals surface area contributed by atoms with Crippen molar-refractivity contribution in [2.24, 2.45) is 0 Å². The van der Waals surface area contributed by atoms with Gasteiger partial charge in [-0.1, -0.05) is 11.6 Å². The highest BCUT2D eigenvalue weighted by molar-refractivity contribution is 6.32. The molecule has 19 heavy (non-hydrogen) atoms. The van der Waals surface area contributed by atoms with Crippen LogP contribution in [0.15, 0.2) is 18.3 Å². The van der Waals surface area contributed by atoms with Crippen LogP contribution in [0.1, 0.15) is 18.4 Å². The lowest BCUT2D eigenvalue weighted by Gasteiger charge is -2.10. The van der Waals surface area contributed by atoms with Crippen LogP contribution < -0.4 is 4.74 Å². The van der Waals surface area contributed by atoms with E-state index in [1.54, 1.807) is 12.1 Å². The molecule has 1 fully saturated rings. The van der Waals surface area contributed by atoms with Crippen LogP contribution in [0.25, 0.3) is 6.08 Å². The van der Waals surface area contributed by atoms with Crippen molar-refractivity contribution in [3.05, 3.63) is 39.0 Å². The van der Waals surface area contributed by atoms with Gasteiger partial charge in [0, 0.05) is 19.2 Å². The standard InChI is InChI=1S/C13H15ClN2O3/c1-19-13-8-10(4-7-15-5-2-3-6-15)12(16(17)18)9-11(13)14/h4,7-9H,2-3,5-6H2,1H3. The summed E-state index contributed by atoms with van der Waals surface area (Å²) in [5.41, 5.74) is 0.486. The Balaban J connectivity index is 2.33. The molecule has 1 heterocycles. The average Bonchev–Trinajstić information content (AvgIpc) is 2.89. The minimum Gasteiger partial charge on any atom is -0.495 e. The molecule has 1 aromatic rings. The van der Waals surface area contributed by atoms with Gasteiger partial charge >= 0.3 is 0 Å². The molecule has 0 bridgehead atoms. The van der Waals surface area contributed by atoms with Crippen LogP contribution in [0, 0.1) is 10.1 Å². The lowest BCUT2D eigenvalue weighted by Crippen LogP contribution is -2.10. The maximum atomic E-state index is 11.0. The first-order valence-corrected chi connectivity index (χ1v) is 6.44. The summed E-state index contributed by atoms with van der Waals surface area (Å²) in [6.45, 7) is 1.99. The van der Waals surface area contributed by atoms with E-state index in [2.05, 4.69) is 4.90 Å². The van der Waals surface area contributed by atoms with Gasteiger partial charge in [-0.3, -0.25) is 10.1 Å². The summed E-state index contributed by atoms with van der Waals surface area (Å²) < 4.78 is 5.09. The second-order valence-corrected chi connectivity index (χ2v) is 4.77. The molecule has 0 N–H and O–H groups in total. The number of nitro groups is 1. The molecule has 102 valence electrons. The summed E-state index contributed by atoms with van der Waals surface area (Å²) in [5, 5.41) is 11.3. The Labute approximate surface area is 116 Å². The number of nitrogens with zero attached hydrogens (tertiary/aromatic N) is 2. The minimum absolute atomic E-state index is 0.0127. The van der Waals surface area contributed by atoms with Gasteiger partial charge in [-0.05, 0) is 31.2 Å². The first-order valence-electron chi connectivity index (χ1n) is 6.06. The normalized spacial score (nSPS) is 15.2. The number of rotatable bonds is 4. The Morgan fingerprint density at radius 3 is 2.68 bits per heavy atom. The number of methoxy groups -OCH3 is 1. The number of likely N-dealkylation sites (tertiary alicyclic amines) is 1. The zero-order chi connectivity index (χ0) is 13.8. The molecule has 2 rings (SSSR count). The Kier molecular flexibility index (Phi) is 4.27. The van der Waals surface area contributed by atoms with Gasteiger partial charge in [-0.15, -0.1) is 0 Å². The van der Waals surface area contributed by atoms with Crippen molar-refractivity contribution in [2.45, 2.75) is 12.8 Å². The molecule has 0 unspecified atom stereocenters. The van der Waals surface area contributed by atoms with Gasteiger partial charge in [0.2, 0.25) is 0 Å². The second kappa shape index (κ2) is 5.93. The molecular weight excluding hydrogens is 268 g/mol. The number of halogens is 1. The quantitative estimate of drug-likeness (QED) is 0.628. The van der Waals surface area contributed by atoms with Gasteiger partial charge in [0.1, 0.15) is 5.75 Å². The lowest BCUT2D eigenvalue weighted by molar-refractivity contribution is -0.385. The molecule has 0 radical (unpaired) electrons. The number of ether oxygens (including phenoxy) is 1. The third kappa shape index (κ3) is 3.17. The molecule has 1 aliphatic rings. The van der Waals surface area contributed by atoms with Crippen LogP contribution in [0.3, 0.4) is 0 Å². The Morgan fingerprint density at radius 2 is 2.11 bits per heavy atom. The fourth-order valence-corrected chi connectivity index (χ4v) is 2.32. The molecule has 0 amide bonds. The first-order chi connectivity index (χ1) is 9.11. The summed E-state index contributed by atoms with van der Waals surface area (Å²) in [6, 6.07) is 2.91. The number of benzene rings is 1. The molecule has 1 saturated heterocycles. The number of hydrogen-bond acceptors (Lipinski definition) is 4. The molecule has 0 spiro atoms. The molecule has 5 nitrogen and oxygen atoms in total. The number of hydrogen-bond donors (Lipinski definition) is 0. The van der Waals surface area contributed by atoms with Crippen molar-refractivity contribution in [1.29, 1.82) is 0 Å². The van der Waals surface area contributed by atoms with Crippen LogP contribution in [0.2, 0.25) is 5.02 Å². The zero-order valence-electron chi connectivity index (χ0n) is 10.6. The topological polar surface area (TPSA) is 55.6 Å². The predicted octanol–water partition coefficient (Wildman–Crippen LogP) is 3.32. The second-order valence-electron chi connectivity index (χ2n) is 4.36. The molecule has 0 aromatic heterocycles. The Hall–Kier alpha value is -1.75. The highest BCUT2D eigenvalue weighted by atomic mass is 35.5. The third-order valence-corrected chi connectivity index (χ3v) is 3.40. The van der Waals surface area contributed by atoms with E-state index < -0.39 is 4.92 Å². The van der Waals surface area contributed by atoms with Crippen LogP contribution >= 0.6 is 11.6 Å². The maximum Gasteiger partial charge on any atom is 0.278 e. The summed E-state index contributed by atoms with van der Waals surface area (Å²) >= 11 is 5.91. The van der Waals surface area contributed by atoms with Gasteiger partial charge in [-0.25, -0.2) is 0 Å². The maximum absolute atomic E-state index is 11.0. The van der Waals surface area contributed by atoms with Gasteiger partial charge in [-0.2, -0.15) is 0 Å². The molecule has 1 aliphatic heterocycles. The fourth-order valence-electron chi connectivity index (χ4n) is 2.08. The van der Waals surface area contributed by atoms with Crippen molar-refractivity contribution in [1.82, 2.24) is 4.90 Å². The van der Waals surface area contributed by atoms with Crippen LogP contribution in [0.4, 0.5) is 5.69 Å². The van der Waals surface area contributed by atoms with E-state index in [0.29, 0.717) is 11.3 Å². The predicted molar refractivity (Wildman–Crippen MR) is 74.5 cm³/mol. The van der Waals surface area contributed by atoms with E-state index in [1.165, 1.54) is 13.2 Å². The fraction of sp³-hybridized carbons (Fsp3) is 0.385. The molecule has 1 aromatic carbocycles. The van der Waals surface area contributed by atoms with E-state index in [1.807, 2.05) is 6.20 Å². The highest BCUT2D eigenvalue weighted by Crippen LogP contribution is 2.33. The molecule has 0 atom stereocenters. The summed E-state index contributed by atoms with van der Waals surface area (Å²) in [7, 11) is 1.49. The van der Waals surface area contributed by atoms with E-state index >= 15 is 0 Å². The molecule has 0 aliphatic carbocycles. The molecular formula is C13H15ClN2O3. The van der Waals surface area contributed by atoms with Crippen LogP contribution in [0.5, 0.6) is 5.75 Å². The first kappa shape index (κ1) is 13.7. The van der Waals surface area contributed by atoms with Gasteiger partial charge in [0.15, 0.2) is 0 Å². The smallest absolute Gasteiger partial charge is 0.278 e. The largest absolute Gasteiger partial charge is 0.495 e. The van der Waals surface area contributed by atoms with Crippen molar-refractivity contribution < 1.29 is 9.66 Å². The lowest BCUT2D eigenvalue weighted by atomic mass is 10.1. The van der Waals surface area contributed by atoms with Gasteiger partial charge < -0.3 is 9.64 Å². The van der Waals surface area contributed by atoms with E-state index in [0.717, 1.165) is 25.9 Å². The zero-order valence-corrected chi connectivity index (χ0v) is 11.4. The average molecular weight is 283 g/mol. The van der Waals surface area contributed by atoms with Gasteiger partial charge in [0.05, 0.1) is 22.6 Å². The Morgan fingerprint density at radius 1 is 1.42 bits per heavy atom. The monoisotopic (exact) mass is 282 g/mol. The summed E-state index contributed by atoms with van der Waals surface area (Å²) in [6.07, 6.45) is 5.96. The van der Waals surface area contributed by atoms with E-state index in [-0.39, 0.29) is 10.7 Å². The molecule has 6 heteroatoms. The van der Waals surface area contributed by atoms with Crippen molar-refractivity contribution in [3.63, 3.8) is 0 Å². The SMILES string of the molecule is COc1cc(C=CN2CCCC2)c([N+](=O)[O-])cc1Cl. The van der Waals surface area contributed by atoms with Crippen LogP contribution in [-0.4, -0.2) is 30.0 Å². The molecule has 0 saturated carbocycles. The third-order valence-electron chi connectivity index (χ3n) is 3.10. The Bertz CT molecular complexity index is 511.